The molecule has 1 aromatic heterocycles. The zero-order valence-corrected chi connectivity index (χ0v) is 20.7. The zero-order chi connectivity index (χ0) is 24.5. The second kappa shape index (κ2) is 9.60. The molecule has 3 aromatic rings. The summed E-state index contributed by atoms with van der Waals surface area (Å²) in [6.07, 6.45) is 0.0670. The second-order valence-electron chi connectivity index (χ2n) is 8.07. The summed E-state index contributed by atoms with van der Waals surface area (Å²) in [5.41, 5.74) is 2.11. The summed E-state index contributed by atoms with van der Waals surface area (Å²) in [7, 11) is -1.23. The average molecular weight is 500 g/mol. The number of thiophene rings is 1. The predicted molar refractivity (Wildman–Crippen MR) is 130 cm³/mol. The van der Waals surface area contributed by atoms with Gasteiger partial charge in [-0.1, -0.05) is 18.2 Å². The Balaban J connectivity index is 1.83. The Morgan fingerprint density at radius 3 is 2.35 bits per heavy atom. The van der Waals surface area contributed by atoms with Gasteiger partial charge in [0.1, 0.15) is 5.75 Å². The van der Waals surface area contributed by atoms with Gasteiger partial charge in [-0.25, -0.2) is 8.42 Å². The molecule has 1 aliphatic rings. The summed E-state index contributed by atoms with van der Waals surface area (Å²) in [4.78, 5) is 28.7. The molecule has 0 spiro atoms. The van der Waals surface area contributed by atoms with Crippen molar-refractivity contribution >= 4 is 38.7 Å². The maximum Gasteiger partial charge on any atom is 0.311 e. The number of aryl methyl sites for hydroxylation is 1. The van der Waals surface area contributed by atoms with E-state index in [1.54, 1.807) is 36.4 Å². The van der Waals surface area contributed by atoms with Crippen molar-refractivity contribution < 1.29 is 27.5 Å². The van der Waals surface area contributed by atoms with Crippen LogP contribution >= 0.6 is 11.3 Å². The lowest BCUT2D eigenvalue weighted by Gasteiger charge is -2.27. The van der Waals surface area contributed by atoms with Gasteiger partial charge in [0.2, 0.25) is 0 Å². The van der Waals surface area contributed by atoms with Crippen LogP contribution < -0.4 is 9.64 Å². The first-order valence-corrected chi connectivity index (χ1v) is 13.1. The number of ether oxygens (including phenoxy) is 2. The van der Waals surface area contributed by atoms with Gasteiger partial charge in [-0.05, 0) is 66.2 Å². The number of carbonyl (C=O) groups is 2. The van der Waals surface area contributed by atoms with E-state index >= 15 is 0 Å². The number of nitrogens with zero attached hydrogens (tertiary/aromatic N) is 1. The van der Waals surface area contributed by atoms with E-state index in [0.717, 1.165) is 5.56 Å². The molecule has 9 heteroatoms. The molecule has 1 amide bonds. The fraction of sp³-hybridized carbons (Fsp3) is 0.280. The van der Waals surface area contributed by atoms with E-state index in [1.165, 1.54) is 42.6 Å². The van der Waals surface area contributed by atoms with Crippen LogP contribution in [0.15, 0.2) is 64.9 Å². The third-order valence-electron chi connectivity index (χ3n) is 6.12. The van der Waals surface area contributed by atoms with Crippen molar-refractivity contribution in [2.45, 2.75) is 23.5 Å². The lowest BCUT2D eigenvalue weighted by atomic mass is 10.0. The van der Waals surface area contributed by atoms with E-state index in [2.05, 4.69) is 0 Å². The first kappa shape index (κ1) is 24.0. The minimum Gasteiger partial charge on any atom is -0.497 e. The average Bonchev–Trinajstić information content (AvgIpc) is 3.20. The van der Waals surface area contributed by atoms with Gasteiger partial charge < -0.3 is 14.4 Å². The number of hydrogen-bond donors (Lipinski definition) is 0. The van der Waals surface area contributed by atoms with Gasteiger partial charge in [0.05, 0.1) is 35.2 Å². The zero-order valence-electron chi connectivity index (χ0n) is 19.1. The molecule has 1 aliphatic heterocycles. The van der Waals surface area contributed by atoms with Crippen molar-refractivity contribution in [2.75, 3.05) is 25.7 Å². The van der Waals surface area contributed by atoms with Gasteiger partial charge in [-0.2, -0.15) is 0 Å². The Morgan fingerprint density at radius 2 is 1.74 bits per heavy atom. The normalized spacial score (nSPS) is 18.0. The first-order valence-electron chi connectivity index (χ1n) is 10.7. The summed E-state index contributed by atoms with van der Waals surface area (Å²) in [6, 6.07) is 15.1. The van der Waals surface area contributed by atoms with Crippen LogP contribution in [0.2, 0.25) is 0 Å². The molecule has 0 saturated carbocycles. The molecule has 7 nitrogen and oxygen atoms in total. The van der Waals surface area contributed by atoms with Crippen LogP contribution in [0.5, 0.6) is 5.75 Å². The van der Waals surface area contributed by atoms with Gasteiger partial charge in [-0.15, -0.1) is 11.3 Å². The number of fused-ring (bicyclic) bond motifs is 1. The smallest absolute Gasteiger partial charge is 0.311 e. The quantitative estimate of drug-likeness (QED) is 0.495. The number of sulfone groups is 1. The second-order valence-corrected chi connectivity index (χ2v) is 11.2. The predicted octanol–water partition coefficient (Wildman–Crippen LogP) is 3.90. The maximum atomic E-state index is 13.8. The monoisotopic (exact) mass is 499 g/mol. The third-order valence-corrected chi connectivity index (χ3v) is 9.35. The number of amides is 1. The standard InChI is InChI=1S/C25H25NO6S2/c1-16-12-13-33-23(16)24(27)26-15-20(25(28)32-3)22(14-17-6-4-5-7-21(17)26)34(29,30)19-10-8-18(31-2)9-11-19/h4-13,20,22H,14-15H2,1-3H3. The van der Waals surface area contributed by atoms with Gasteiger partial charge in [0.15, 0.2) is 9.84 Å². The Hall–Kier alpha value is -3.17. The molecule has 34 heavy (non-hydrogen) atoms. The van der Waals surface area contributed by atoms with Crippen LogP contribution in [0, 0.1) is 12.8 Å². The fourth-order valence-electron chi connectivity index (χ4n) is 4.27. The number of hydrogen-bond acceptors (Lipinski definition) is 7. The number of benzene rings is 2. The molecular formula is C25H25NO6S2. The van der Waals surface area contributed by atoms with E-state index in [0.29, 0.717) is 21.9 Å². The van der Waals surface area contributed by atoms with Gasteiger partial charge in [-0.3, -0.25) is 9.59 Å². The summed E-state index contributed by atoms with van der Waals surface area (Å²) in [5, 5.41) is 0.720. The highest BCUT2D eigenvalue weighted by molar-refractivity contribution is 7.92. The summed E-state index contributed by atoms with van der Waals surface area (Å²) in [6.45, 7) is 1.74. The molecular weight excluding hydrogens is 474 g/mol. The van der Waals surface area contributed by atoms with Crippen LogP contribution in [-0.4, -0.2) is 46.3 Å². The number of anilines is 1. The van der Waals surface area contributed by atoms with Crippen molar-refractivity contribution in [3.05, 3.63) is 76.0 Å². The van der Waals surface area contributed by atoms with Gasteiger partial charge in [0.25, 0.3) is 5.91 Å². The van der Waals surface area contributed by atoms with Crippen molar-refractivity contribution in [3.63, 3.8) is 0 Å². The molecule has 4 rings (SSSR count). The highest BCUT2D eigenvalue weighted by Gasteiger charge is 2.44. The largest absolute Gasteiger partial charge is 0.497 e. The van der Waals surface area contributed by atoms with Crippen LogP contribution in [0.25, 0.3) is 0 Å². The summed E-state index contributed by atoms with van der Waals surface area (Å²) < 4.78 is 37.7. The van der Waals surface area contributed by atoms with E-state index in [4.69, 9.17) is 9.47 Å². The number of esters is 1. The molecule has 2 heterocycles. The van der Waals surface area contributed by atoms with Crippen molar-refractivity contribution in [1.82, 2.24) is 0 Å². The molecule has 0 radical (unpaired) electrons. The lowest BCUT2D eigenvalue weighted by Crippen LogP contribution is -2.44. The van der Waals surface area contributed by atoms with E-state index in [1.807, 2.05) is 18.4 Å². The van der Waals surface area contributed by atoms with Gasteiger partial charge in [0, 0.05) is 12.2 Å². The minimum atomic E-state index is -3.96. The third kappa shape index (κ3) is 4.33. The van der Waals surface area contributed by atoms with Crippen LogP contribution in [-0.2, 0) is 25.8 Å². The topological polar surface area (TPSA) is 90.0 Å². The Morgan fingerprint density at radius 1 is 1.03 bits per heavy atom. The number of carbonyl (C=O) groups excluding carboxylic acids is 2. The Kier molecular flexibility index (Phi) is 6.77. The molecule has 178 valence electrons. The first-order chi connectivity index (χ1) is 16.3. The molecule has 2 aromatic carbocycles. The fourth-order valence-corrected chi connectivity index (χ4v) is 7.04. The molecule has 0 saturated heterocycles. The minimum absolute atomic E-state index is 0.0670. The summed E-state index contributed by atoms with van der Waals surface area (Å²) >= 11 is 1.32. The number of para-hydroxylation sites is 1. The Labute approximate surface area is 202 Å². The lowest BCUT2D eigenvalue weighted by molar-refractivity contribution is -0.145. The van der Waals surface area contributed by atoms with E-state index in [9.17, 15) is 18.0 Å². The highest BCUT2D eigenvalue weighted by atomic mass is 32.2. The van der Waals surface area contributed by atoms with Crippen molar-refractivity contribution in [2.24, 2.45) is 5.92 Å². The number of rotatable bonds is 5. The van der Waals surface area contributed by atoms with Gasteiger partial charge >= 0.3 is 5.97 Å². The molecule has 0 aliphatic carbocycles. The van der Waals surface area contributed by atoms with Crippen LogP contribution in [0.3, 0.4) is 0 Å². The summed E-state index contributed by atoms with van der Waals surface area (Å²) in [5.74, 6) is -1.49. The molecule has 0 bridgehead atoms. The SMILES string of the molecule is COC(=O)C1CN(C(=O)c2sccc2C)c2ccccc2CC1S(=O)(=O)c1ccc(OC)cc1. The molecule has 0 fully saturated rings. The molecule has 2 atom stereocenters. The molecule has 0 N–H and O–H groups in total. The van der Waals surface area contributed by atoms with Crippen molar-refractivity contribution in [3.8, 4) is 5.75 Å². The maximum absolute atomic E-state index is 13.8. The highest BCUT2D eigenvalue weighted by Crippen LogP contribution is 2.36. The van der Waals surface area contributed by atoms with Crippen LogP contribution in [0.4, 0.5) is 5.69 Å². The van der Waals surface area contributed by atoms with Crippen molar-refractivity contribution in [1.29, 1.82) is 0 Å². The van der Waals surface area contributed by atoms with E-state index < -0.39 is 27.0 Å². The van der Waals surface area contributed by atoms with E-state index in [-0.39, 0.29) is 23.8 Å². The number of methoxy groups -OCH3 is 2. The Bertz CT molecular complexity index is 1310. The van der Waals surface area contributed by atoms with Crippen LogP contribution in [0.1, 0.15) is 20.8 Å². The molecule has 2 unspecified atom stereocenters.